The predicted octanol–water partition coefficient (Wildman–Crippen LogP) is 3.58. The molecule has 3 aromatic rings. The van der Waals surface area contributed by atoms with Crippen molar-refractivity contribution in [3.63, 3.8) is 0 Å². The zero-order chi connectivity index (χ0) is 19.5. The van der Waals surface area contributed by atoms with Gasteiger partial charge in [-0.25, -0.2) is 0 Å². The molecular weight excluding hydrogens is 350 g/mol. The van der Waals surface area contributed by atoms with E-state index in [1.54, 1.807) is 6.20 Å². The van der Waals surface area contributed by atoms with Crippen LogP contribution in [0.3, 0.4) is 0 Å². The van der Waals surface area contributed by atoms with Crippen molar-refractivity contribution in [3.8, 4) is 0 Å². The molecule has 2 atom stereocenters. The molecule has 5 nitrogen and oxygen atoms in total. The fraction of sp³-hybridized carbons (Fsp3) is 0.304. The Morgan fingerprint density at radius 2 is 1.71 bits per heavy atom. The number of nitrogens with two attached hydrogens (primary N) is 1. The smallest absolute Gasteiger partial charge is 0.250 e. The Bertz CT molecular complexity index is 994. The van der Waals surface area contributed by atoms with Gasteiger partial charge in [0, 0.05) is 29.1 Å². The van der Waals surface area contributed by atoms with Crippen molar-refractivity contribution in [2.75, 3.05) is 0 Å². The fourth-order valence-corrected chi connectivity index (χ4v) is 4.38. The van der Waals surface area contributed by atoms with Crippen molar-refractivity contribution in [1.29, 1.82) is 0 Å². The molecular formula is C23H25N3O2. The molecule has 144 valence electrons. The summed E-state index contributed by atoms with van der Waals surface area (Å²) < 4.78 is 1.81. The maximum atomic E-state index is 12.8. The molecule has 0 radical (unpaired) electrons. The van der Waals surface area contributed by atoms with Gasteiger partial charge in [0.1, 0.15) is 6.54 Å². The molecule has 0 spiro atoms. The molecule has 0 aliphatic heterocycles. The second-order valence-corrected chi connectivity index (χ2v) is 7.53. The van der Waals surface area contributed by atoms with Crippen LogP contribution in [0.1, 0.15) is 47.5 Å². The van der Waals surface area contributed by atoms with Gasteiger partial charge in [-0.1, -0.05) is 61.4 Å². The molecule has 1 aliphatic rings. The van der Waals surface area contributed by atoms with E-state index < -0.39 is 5.91 Å². The quantitative estimate of drug-likeness (QED) is 0.715. The number of carbonyl (C=O) groups is 2. The normalized spacial score (nSPS) is 19.4. The van der Waals surface area contributed by atoms with Crippen LogP contribution in [0.25, 0.3) is 10.9 Å². The molecule has 0 saturated heterocycles. The Hall–Kier alpha value is -3.08. The number of benzene rings is 2. The van der Waals surface area contributed by atoms with Crippen LogP contribution in [0, 0.1) is 0 Å². The monoisotopic (exact) mass is 375 g/mol. The number of fused-ring (bicyclic) bond motifs is 1. The van der Waals surface area contributed by atoms with E-state index in [2.05, 4.69) is 29.6 Å². The lowest BCUT2D eigenvalue weighted by molar-refractivity contribution is -0.122. The molecule has 2 unspecified atom stereocenters. The van der Waals surface area contributed by atoms with Crippen LogP contribution in [0.15, 0.2) is 60.8 Å². The Kier molecular flexibility index (Phi) is 5.15. The van der Waals surface area contributed by atoms with E-state index in [0.717, 1.165) is 30.2 Å². The van der Waals surface area contributed by atoms with Gasteiger partial charge in [0.15, 0.2) is 0 Å². The number of para-hydroxylation sites is 1. The molecule has 2 amide bonds. The van der Waals surface area contributed by atoms with Crippen LogP contribution < -0.4 is 11.1 Å². The van der Waals surface area contributed by atoms with Crippen molar-refractivity contribution < 1.29 is 9.59 Å². The Morgan fingerprint density at radius 3 is 2.50 bits per heavy atom. The number of nitrogens with one attached hydrogen (secondary N) is 1. The number of primary amides is 1. The van der Waals surface area contributed by atoms with E-state index in [4.69, 9.17) is 5.73 Å². The van der Waals surface area contributed by atoms with Gasteiger partial charge < -0.3 is 15.6 Å². The molecule has 2 aromatic carbocycles. The standard InChI is InChI=1S/C23H25N3O2/c24-23(28)19-14-26(21-13-7-5-11-18(19)21)15-22(27)25-20-12-6-4-10-17(20)16-8-2-1-3-9-16/h1-3,5,7-9,11,13-14,17,20H,4,6,10,12,15H2,(H2,24,28)(H,25,27). The van der Waals surface area contributed by atoms with Gasteiger partial charge in [-0.15, -0.1) is 0 Å². The highest BCUT2D eigenvalue weighted by molar-refractivity contribution is 6.06. The molecule has 5 heteroatoms. The zero-order valence-electron chi connectivity index (χ0n) is 15.8. The van der Waals surface area contributed by atoms with Crippen molar-refractivity contribution in [2.24, 2.45) is 5.73 Å². The summed E-state index contributed by atoms with van der Waals surface area (Å²) in [4.78, 5) is 24.6. The first-order valence-corrected chi connectivity index (χ1v) is 9.85. The van der Waals surface area contributed by atoms with Crippen molar-refractivity contribution >= 4 is 22.7 Å². The number of hydrogen-bond donors (Lipinski definition) is 2. The minimum Gasteiger partial charge on any atom is -0.366 e. The Labute approximate surface area is 164 Å². The molecule has 28 heavy (non-hydrogen) atoms. The fourth-order valence-electron chi connectivity index (χ4n) is 4.38. The summed E-state index contributed by atoms with van der Waals surface area (Å²) in [6.07, 6.45) is 6.09. The summed E-state index contributed by atoms with van der Waals surface area (Å²) in [6, 6.07) is 18.1. The van der Waals surface area contributed by atoms with Gasteiger partial charge in [0.2, 0.25) is 5.91 Å². The maximum absolute atomic E-state index is 12.8. The van der Waals surface area contributed by atoms with Crippen LogP contribution in [-0.2, 0) is 11.3 Å². The van der Waals surface area contributed by atoms with Gasteiger partial charge >= 0.3 is 0 Å². The Balaban J connectivity index is 1.53. The summed E-state index contributed by atoms with van der Waals surface area (Å²) >= 11 is 0. The summed E-state index contributed by atoms with van der Waals surface area (Å²) in [5.41, 5.74) is 8.08. The van der Waals surface area contributed by atoms with Crippen molar-refractivity contribution in [3.05, 3.63) is 71.9 Å². The van der Waals surface area contributed by atoms with E-state index in [1.807, 2.05) is 34.9 Å². The first-order chi connectivity index (χ1) is 13.6. The van der Waals surface area contributed by atoms with Gasteiger partial charge in [-0.3, -0.25) is 9.59 Å². The SMILES string of the molecule is NC(=O)c1cn(CC(=O)NC2CCCCC2c2ccccc2)c2ccccc12. The van der Waals surface area contributed by atoms with Crippen LogP contribution in [0.2, 0.25) is 0 Å². The molecule has 1 saturated carbocycles. The molecule has 3 N–H and O–H groups in total. The van der Waals surface area contributed by atoms with E-state index in [-0.39, 0.29) is 18.5 Å². The highest BCUT2D eigenvalue weighted by atomic mass is 16.2. The maximum Gasteiger partial charge on any atom is 0.250 e. The van der Waals surface area contributed by atoms with E-state index >= 15 is 0 Å². The Morgan fingerprint density at radius 1 is 1.00 bits per heavy atom. The molecule has 4 rings (SSSR count). The molecule has 1 heterocycles. The van der Waals surface area contributed by atoms with E-state index in [1.165, 1.54) is 12.0 Å². The van der Waals surface area contributed by atoms with Gasteiger partial charge in [-0.2, -0.15) is 0 Å². The lowest BCUT2D eigenvalue weighted by atomic mass is 9.80. The lowest BCUT2D eigenvalue weighted by Crippen LogP contribution is -2.42. The zero-order valence-corrected chi connectivity index (χ0v) is 15.8. The van der Waals surface area contributed by atoms with Crippen LogP contribution in [0.5, 0.6) is 0 Å². The first kappa shape index (κ1) is 18.3. The van der Waals surface area contributed by atoms with Gasteiger partial charge in [-0.05, 0) is 24.5 Å². The molecule has 1 aliphatic carbocycles. The third kappa shape index (κ3) is 3.65. The number of aromatic nitrogens is 1. The average Bonchev–Trinajstić information content (AvgIpc) is 3.08. The predicted molar refractivity (Wildman–Crippen MR) is 110 cm³/mol. The third-order valence-electron chi connectivity index (χ3n) is 5.71. The number of rotatable bonds is 5. The van der Waals surface area contributed by atoms with Gasteiger partial charge in [0.25, 0.3) is 5.91 Å². The van der Waals surface area contributed by atoms with Crippen LogP contribution in [0.4, 0.5) is 0 Å². The minimum atomic E-state index is -0.480. The molecule has 1 aromatic heterocycles. The largest absolute Gasteiger partial charge is 0.366 e. The summed E-state index contributed by atoms with van der Waals surface area (Å²) in [6.45, 7) is 0.172. The van der Waals surface area contributed by atoms with Crippen molar-refractivity contribution in [2.45, 2.75) is 44.2 Å². The summed E-state index contributed by atoms with van der Waals surface area (Å²) in [5.74, 6) is -0.169. The number of nitrogens with zero attached hydrogens (tertiary/aromatic N) is 1. The minimum absolute atomic E-state index is 0.0374. The summed E-state index contributed by atoms with van der Waals surface area (Å²) in [5, 5.41) is 4.02. The highest BCUT2D eigenvalue weighted by Gasteiger charge is 2.27. The van der Waals surface area contributed by atoms with Gasteiger partial charge in [0.05, 0.1) is 5.56 Å². The molecule has 0 bridgehead atoms. The number of hydrogen-bond acceptors (Lipinski definition) is 2. The number of amides is 2. The number of carbonyl (C=O) groups excluding carboxylic acids is 2. The molecule has 1 fully saturated rings. The lowest BCUT2D eigenvalue weighted by Gasteiger charge is -2.32. The van der Waals surface area contributed by atoms with Crippen LogP contribution >= 0.6 is 0 Å². The van der Waals surface area contributed by atoms with Crippen LogP contribution in [-0.4, -0.2) is 22.4 Å². The third-order valence-corrected chi connectivity index (χ3v) is 5.71. The van der Waals surface area contributed by atoms with E-state index in [0.29, 0.717) is 11.5 Å². The topological polar surface area (TPSA) is 77.1 Å². The van der Waals surface area contributed by atoms with Crippen molar-refractivity contribution in [1.82, 2.24) is 9.88 Å². The highest BCUT2D eigenvalue weighted by Crippen LogP contribution is 2.33. The second-order valence-electron chi connectivity index (χ2n) is 7.53. The van der Waals surface area contributed by atoms with E-state index in [9.17, 15) is 9.59 Å². The second kappa shape index (κ2) is 7.89. The first-order valence-electron chi connectivity index (χ1n) is 9.85. The summed E-state index contributed by atoms with van der Waals surface area (Å²) in [7, 11) is 0. The average molecular weight is 375 g/mol.